The van der Waals surface area contributed by atoms with Gasteiger partial charge < -0.3 is 15.1 Å². The maximum absolute atomic E-state index is 12.6. The summed E-state index contributed by atoms with van der Waals surface area (Å²) in [6.07, 6.45) is 0.886. The van der Waals surface area contributed by atoms with Crippen LogP contribution in [-0.4, -0.2) is 55.8 Å². The molecular weight excluding hydrogens is 326 g/mol. The number of nitrogens with one attached hydrogen (secondary N) is 1. The first-order valence-corrected chi connectivity index (χ1v) is 8.80. The van der Waals surface area contributed by atoms with Crippen molar-refractivity contribution in [3.05, 3.63) is 71.3 Å². The van der Waals surface area contributed by atoms with Crippen LogP contribution in [0.3, 0.4) is 0 Å². The second-order valence-corrected chi connectivity index (χ2v) is 6.64. The molecule has 0 aromatic heterocycles. The fourth-order valence-electron chi connectivity index (χ4n) is 2.64. The van der Waals surface area contributed by atoms with Gasteiger partial charge in [0.15, 0.2) is 0 Å². The highest BCUT2D eigenvalue weighted by atomic mass is 16.2. The van der Waals surface area contributed by atoms with E-state index in [1.807, 2.05) is 44.4 Å². The average Bonchev–Trinajstić information content (AvgIpc) is 2.65. The number of rotatable bonds is 8. The van der Waals surface area contributed by atoms with Crippen LogP contribution < -0.4 is 5.32 Å². The van der Waals surface area contributed by atoms with Gasteiger partial charge in [-0.2, -0.15) is 0 Å². The van der Waals surface area contributed by atoms with Gasteiger partial charge in [-0.25, -0.2) is 0 Å². The number of hydrogen-bond donors (Lipinski definition) is 1. The van der Waals surface area contributed by atoms with Crippen LogP contribution in [0, 0.1) is 0 Å². The Morgan fingerprint density at radius 1 is 0.923 bits per heavy atom. The molecule has 0 unspecified atom stereocenters. The van der Waals surface area contributed by atoms with E-state index >= 15 is 0 Å². The average molecular weight is 353 g/mol. The summed E-state index contributed by atoms with van der Waals surface area (Å²) in [5.74, 6) is -0.250. The Morgan fingerprint density at radius 3 is 2.31 bits per heavy atom. The molecule has 2 rings (SSSR count). The first kappa shape index (κ1) is 19.7. The van der Waals surface area contributed by atoms with Crippen molar-refractivity contribution in [2.75, 3.05) is 34.2 Å². The summed E-state index contributed by atoms with van der Waals surface area (Å²) in [6.45, 7) is 2.06. The third kappa shape index (κ3) is 6.01. The Hall–Kier alpha value is -2.66. The van der Waals surface area contributed by atoms with Crippen molar-refractivity contribution in [2.24, 2.45) is 0 Å². The zero-order valence-corrected chi connectivity index (χ0v) is 15.7. The Kier molecular flexibility index (Phi) is 7.36. The van der Waals surface area contributed by atoms with Crippen LogP contribution in [-0.2, 0) is 6.54 Å². The number of carbonyl (C=O) groups excluding carboxylic acids is 2. The third-order valence-corrected chi connectivity index (χ3v) is 4.05. The van der Waals surface area contributed by atoms with Gasteiger partial charge in [-0.1, -0.05) is 36.4 Å². The van der Waals surface area contributed by atoms with Gasteiger partial charge >= 0.3 is 0 Å². The Morgan fingerprint density at radius 2 is 1.62 bits per heavy atom. The van der Waals surface area contributed by atoms with Crippen molar-refractivity contribution in [3.63, 3.8) is 0 Å². The maximum Gasteiger partial charge on any atom is 0.253 e. The summed E-state index contributed by atoms with van der Waals surface area (Å²) in [5.41, 5.74) is 2.09. The molecule has 2 aromatic carbocycles. The maximum atomic E-state index is 12.6. The lowest BCUT2D eigenvalue weighted by Gasteiger charge is -2.18. The van der Waals surface area contributed by atoms with E-state index in [2.05, 4.69) is 10.2 Å². The van der Waals surface area contributed by atoms with E-state index in [1.54, 1.807) is 36.2 Å². The first-order chi connectivity index (χ1) is 12.5. The summed E-state index contributed by atoms with van der Waals surface area (Å²) in [7, 11) is 5.77. The molecule has 5 nitrogen and oxygen atoms in total. The molecule has 0 saturated heterocycles. The minimum atomic E-state index is -0.149. The Balaban J connectivity index is 1.96. The monoisotopic (exact) mass is 353 g/mol. The van der Waals surface area contributed by atoms with Crippen molar-refractivity contribution < 1.29 is 9.59 Å². The molecule has 0 bridgehead atoms. The molecule has 26 heavy (non-hydrogen) atoms. The van der Waals surface area contributed by atoms with Gasteiger partial charge in [0.2, 0.25) is 0 Å². The lowest BCUT2D eigenvalue weighted by atomic mass is 10.1. The van der Waals surface area contributed by atoms with E-state index in [-0.39, 0.29) is 11.8 Å². The lowest BCUT2D eigenvalue weighted by Crippen LogP contribution is -2.28. The summed E-state index contributed by atoms with van der Waals surface area (Å²) >= 11 is 0. The molecule has 5 heteroatoms. The van der Waals surface area contributed by atoms with Gasteiger partial charge in [0.05, 0.1) is 0 Å². The highest BCUT2D eigenvalue weighted by Gasteiger charge is 2.14. The molecule has 2 amide bonds. The van der Waals surface area contributed by atoms with Gasteiger partial charge in [0, 0.05) is 31.3 Å². The Labute approximate surface area is 155 Å². The van der Waals surface area contributed by atoms with Gasteiger partial charge in [0.25, 0.3) is 11.8 Å². The molecule has 0 aliphatic carbocycles. The fourth-order valence-corrected chi connectivity index (χ4v) is 2.64. The minimum Gasteiger partial charge on any atom is -0.352 e. The van der Waals surface area contributed by atoms with E-state index in [0.29, 0.717) is 24.2 Å². The molecule has 0 saturated carbocycles. The van der Waals surface area contributed by atoms with Crippen molar-refractivity contribution in [3.8, 4) is 0 Å². The first-order valence-electron chi connectivity index (χ1n) is 8.80. The number of nitrogens with zero attached hydrogens (tertiary/aromatic N) is 2. The molecule has 0 aliphatic heterocycles. The van der Waals surface area contributed by atoms with Crippen molar-refractivity contribution in [2.45, 2.75) is 13.0 Å². The second kappa shape index (κ2) is 9.73. The number of carbonyl (C=O) groups is 2. The fraction of sp³-hybridized carbons (Fsp3) is 0.333. The third-order valence-electron chi connectivity index (χ3n) is 4.05. The molecule has 0 aliphatic rings. The van der Waals surface area contributed by atoms with Crippen molar-refractivity contribution in [1.29, 1.82) is 0 Å². The van der Waals surface area contributed by atoms with Crippen LogP contribution in [0.15, 0.2) is 54.6 Å². The minimum absolute atomic E-state index is 0.101. The van der Waals surface area contributed by atoms with Crippen LogP contribution in [0.25, 0.3) is 0 Å². The zero-order chi connectivity index (χ0) is 18.9. The van der Waals surface area contributed by atoms with Gasteiger partial charge in [-0.05, 0) is 50.8 Å². The SMILES string of the molecule is CN(C)CCCNC(=O)c1cccc(C(=O)N(C)Cc2ccccc2)c1. The van der Waals surface area contributed by atoms with E-state index in [1.165, 1.54) is 0 Å². The van der Waals surface area contributed by atoms with Crippen LogP contribution in [0.4, 0.5) is 0 Å². The molecule has 2 aromatic rings. The predicted octanol–water partition coefficient (Wildman–Crippen LogP) is 2.64. The van der Waals surface area contributed by atoms with E-state index in [9.17, 15) is 9.59 Å². The number of hydrogen-bond acceptors (Lipinski definition) is 3. The quantitative estimate of drug-likeness (QED) is 0.742. The van der Waals surface area contributed by atoms with Crippen LogP contribution >= 0.6 is 0 Å². The summed E-state index contributed by atoms with van der Waals surface area (Å²) in [5, 5.41) is 2.90. The van der Waals surface area contributed by atoms with Crippen LogP contribution in [0.5, 0.6) is 0 Å². The summed E-state index contributed by atoms with van der Waals surface area (Å²) in [6, 6.07) is 16.7. The topological polar surface area (TPSA) is 52.7 Å². The predicted molar refractivity (Wildman–Crippen MR) is 104 cm³/mol. The van der Waals surface area contributed by atoms with Crippen molar-refractivity contribution >= 4 is 11.8 Å². The molecule has 138 valence electrons. The van der Waals surface area contributed by atoms with Crippen LogP contribution in [0.1, 0.15) is 32.7 Å². The van der Waals surface area contributed by atoms with Gasteiger partial charge in [-0.15, -0.1) is 0 Å². The number of benzene rings is 2. The highest BCUT2D eigenvalue weighted by Crippen LogP contribution is 2.11. The van der Waals surface area contributed by atoms with Gasteiger partial charge in [-0.3, -0.25) is 9.59 Å². The molecule has 0 atom stereocenters. The lowest BCUT2D eigenvalue weighted by molar-refractivity contribution is 0.0785. The van der Waals surface area contributed by atoms with Crippen molar-refractivity contribution in [1.82, 2.24) is 15.1 Å². The van der Waals surface area contributed by atoms with E-state index in [4.69, 9.17) is 0 Å². The standard InChI is InChI=1S/C21H27N3O2/c1-23(2)14-8-13-22-20(25)18-11-7-12-19(15-18)21(26)24(3)16-17-9-5-4-6-10-17/h4-7,9-12,15H,8,13-14,16H2,1-3H3,(H,22,25). The molecule has 0 spiro atoms. The number of amides is 2. The van der Waals surface area contributed by atoms with Crippen LogP contribution in [0.2, 0.25) is 0 Å². The van der Waals surface area contributed by atoms with E-state index < -0.39 is 0 Å². The highest BCUT2D eigenvalue weighted by molar-refractivity contribution is 5.99. The molecule has 0 radical (unpaired) electrons. The molecule has 0 heterocycles. The van der Waals surface area contributed by atoms with Gasteiger partial charge in [0.1, 0.15) is 0 Å². The zero-order valence-electron chi connectivity index (χ0n) is 15.7. The molecule has 0 fully saturated rings. The Bertz CT molecular complexity index is 729. The van der Waals surface area contributed by atoms with E-state index in [0.717, 1.165) is 18.5 Å². The summed E-state index contributed by atoms with van der Waals surface area (Å²) in [4.78, 5) is 28.7. The molecule has 1 N–H and O–H groups in total. The smallest absolute Gasteiger partial charge is 0.253 e. The largest absolute Gasteiger partial charge is 0.352 e. The normalized spacial score (nSPS) is 10.6. The molecular formula is C21H27N3O2. The summed E-state index contributed by atoms with van der Waals surface area (Å²) < 4.78 is 0. The second-order valence-electron chi connectivity index (χ2n) is 6.64.